The second-order valence-corrected chi connectivity index (χ2v) is 4.73. The molecule has 0 heterocycles. The summed E-state index contributed by atoms with van der Waals surface area (Å²) in [5.74, 6) is 7.45. The van der Waals surface area contributed by atoms with E-state index in [0.717, 1.165) is 31.4 Å². The van der Waals surface area contributed by atoms with Gasteiger partial charge in [-0.1, -0.05) is 6.92 Å². The van der Waals surface area contributed by atoms with Crippen molar-refractivity contribution in [1.29, 1.82) is 0 Å². The summed E-state index contributed by atoms with van der Waals surface area (Å²) in [7, 11) is 1.73. The summed E-state index contributed by atoms with van der Waals surface area (Å²) >= 11 is 0. The molecule has 98 valence electrons. The third kappa shape index (κ3) is 3.53. The van der Waals surface area contributed by atoms with Crippen LogP contribution < -0.4 is 4.74 Å². The Morgan fingerprint density at radius 1 is 1.06 bits per heavy atom. The van der Waals surface area contributed by atoms with Gasteiger partial charge in [0, 0.05) is 12.8 Å². The first-order valence-electron chi connectivity index (χ1n) is 6.71. The third-order valence-electron chi connectivity index (χ3n) is 3.43. The minimum absolute atomic E-state index is 0.952. The molecule has 0 N–H and O–H groups in total. The van der Waals surface area contributed by atoms with Crippen molar-refractivity contribution in [3.8, 4) is 17.6 Å². The molecule has 0 spiro atoms. The number of unbranched alkanes of at least 4 members (excludes halogenated alkanes) is 1. The number of ether oxygens (including phenoxy) is 1. The van der Waals surface area contributed by atoms with E-state index in [-0.39, 0.29) is 0 Å². The molecule has 0 saturated carbocycles. The minimum atomic E-state index is 0.952. The van der Waals surface area contributed by atoms with E-state index >= 15 is 0 Å². The predicted molar refractivity (Wildman–Crippen MR) is 78.2 cm³/mol. The van der Waals surface area contributed by atoms with E-state index in [0.29, 0.717) is 0 Å². The van der Waals surface area contributed by atoms with Gasteiger partial charge in [-0.25, -0.2) is 0 Å². The van der Waals surface area contributed by atoms with Crippen molar-refractivity contribution in [2.75, 3.05) is 7.11 Å². The van der Waals surface area contributed by atoms with Crippen LogP contribution in [0.1, 0.15) is 48.4 Å². The maximum absolute atomic E-state index is 5.39. The molecule has 0 fully saturated rings. The van der Waals surface area contributed by atoms with Crippen LogP contribution in [0.15, 0.2) is 6.07 Å². The summed E-state index contributed by atoms with van der Waals surface area (Å²) in [4.78, 5) is 0. The van der Waals surface area contributed by atoms with Gasteiger partial charge in [-0.3, -0.25) is 0 Å². The zero-order valence-corrected chi connectivity index (χ0v) is 12.3. The molecule has 0 aliphatic carbocycles. The zero-order valence-electron chi connectivity index (χ0n) is 12.3. The van der Waals surface area contributed by atoms with Crippen molar-refractivity contribution in [2.45, 2.75) is 53.4 Å². The number of methoxy groups -OCH3 is 1. The smallest absolute Gasteiger partial charge is 0.122 e. The summed E-state index contributed by atoms with van der Waals surface area (Å²) in [5, 5.41) is 0. The van der Waals surface area contributed by atoms with Gasteiger partial charge < -0.3 is 4.74 Å². The van der Waals surface area contributed by atoms with E-state index in [4.69, 9.17) is 4.74 Å². The highest BCUT2D eigenvalue weighted by Crippen LogP contribution is 2.28. The van der Waals surface area contributed by atoms with E-state index in [1.165, 1.54) is 22.3 Å². The van der Waals surface area contributed by atoms with Crippen molar-refractivity contribution < 1.29 is 4.74 Å². The fraction of sp³-hybridized carbons (Fsp3) is 0.529. The molecule has 1 aromatic carbocycles. The molecule has 1 heteroatoms. The average molecular weight is 244 g/mol. The lowest BCUT2D eigenvalue weighted by Crippen LogP contribution is -1.99. The molecule has 0 radical (unpaired) electrons. The van der Waals surface area contributed by atoms with Crippen LogP contribution in [0.4, 0.5) is 0 Å². The Hall–Kier alpha value is -1.42. The van der Waals surface area contributed by atoms with E-state index in [9.17, 15) is 0 Å². The normalized spacial score (nSPS) is 9.83. The number of rotatable bonds is 4. The molecule has 0 atom stereocenters. The van der Waals surface area contributed by atoms with Gasteiger partial charge in [-0.15, -0.1) is 11.8 Å². The minimum Gasteiger partial charge on any atom is -0.496 e. The second-order valence-electron chi connectivity index (χ2n) is 4.73. The Kier molecular flexibility index (Phi) is 5.78. The first-order valence-corrected chi connectivity index (χ1v) is 6.71. The summed E-state index contributed by atoms with van der Waals surface area (Å²) in [6, 6.07) is 2.14. The van der Waals surface area contributed by atoms with Crippen molar-refractivity contribution in [2.24, 2.45) is 0 Å². The van der Waals surface area contributed by atoms with Crippen LogP contribution in [-0.2, 0) is 6.42 Å². The topological polar surface area (TPSA) is 9.23 Å². The first-order chi connectivity index (χ1) is 8.61. The van der Waals surface area contributed by atoms with Gasteiger partial charge >= 0.3 is 0 Å². The quantitative estimate of drug-likeness (QED) is 0.715. The van der Waals surface area contributed by atoms with Gasteiger partial charge in [-0.05, 0) is 61.9 Å². The van der Waals surface area contributed by atoms with E-state index < -0.39 is 0 Å². The lowest BCUT2D eigenvalue weighted by molar-refractivity contribution is 0.410. The largest absolute Gasteiger partial charge is 0.496 e. The van der Waals surface area contributed by atoms with Gasteiger partial charge in [0.1, 0.15) is 5.75 Å². The van der Waals surface area contributed by atoms with Gasteiger partial charge in [-0.2, -0.15) is 0 Å². The Balaban J connectivity index is 2.84. The van der Waals surface area contributed by atoms with Crippen molar-refractivity contribution in [3.05, 3.63) is 28.3 Å². The SMILES string of the molecule is CCCC#CCCc1c(C)cc(OC)c(C)c1C. The highest BCUT2D eigenvalue weighted by molar-refractivity contribution is 5.48. The lowest BCUT2D eigenvalue weighted by Gasteiger charge is -2.15. The molecule has 0 aromatic heterocycles. The number of hydrogen-bond donors (Lipinski definition) is 0. The predicted octanol–water partition coefficient (Wildman–Crippen LogP) is 4.36. The van der Waals surface area contributed by atoms with Crippen LogP contribution in [0.2, 0.25) is 0 Å². The molecule has 0 aliphatic heterocycles. The maximum Gasteiger partial charge on any atom is 0.122 e. The highest BCUT2D eigenvalue weighted by atomic mass is 16.5. The molecular weight excluding hydrogens is 220 g/mol. The van der Waals surface area contributed by atoms with E-state index in [2.05, 4.69) is 45.6 Å². The van der Waals surface area contributed by atoms with Gasteiger partial charge in [0.2, 0.25) is 0 Å². The third-order valence-corrected chi connectivity index (χ3v) is 3.43. The Morgan fingerprint density at radius 3 is 2.33 bits per heavy atom. The van der Waals surface area contributed by atoms with Gasteiger partial charge in [0.05, 0.1) is 7.11 Å². The van der Waals surface area contributed by atoms with Crippen LogP contribution in [0, 0.1) is 32.6 Å². The molecule has 1 nitrogen and oxygen atoms in total. The maximum atomic E-state index is 5.39. The van der Waals surface area contributed by atoms with Crippen LogP contribution in [0.25, 0.3) is 0 Å². The molecular formula is C17H24O. The fourth-order valence-corrected chi connectivity index (χ4v) is 2.18. The second kappa shape index (κ2) is 7.11. The van der Waals surface area contributed by atoms with Crippen LogP contribution in [0.3, 0.4) is 0 Å². The Labute approximate surface area is 112 Å². The standard InChI is InChI=1S/C17H24O/c1-6-7-8-9-10-11-16-13(2)12-17(18-5)15(4)14(16)3/h12H,6-7,10-11H2,1-5H3. The van der Waals surface area contributed by atoms with Gasteiger partial charge in [0.15, 0.2) is 0 Å². The number of benzene rings is 1. The van der Waals surface area contributed by atoms with Crippen molar-refractivity contribution in [3.63, 3.8) is 0 Å². The molecule has 18 heavy (non-hydrogen) atoms. The first kappa shape index (κ1) is 14.6. The Bertz CT molecular complexity index is 461. The fourth-order valence-electron chi connectivity index (χ4n) is 2.18. The lowest BCUT2D eigenvalue weighted by atomic mass is 9.94. The van der Waals surface area contributed by atoms with Crippen LogP contribution in [-0.4, -0.2) is 7.11 Å². The van der Waals surface area contributed by atoms with Crippen molar-refractivity contribution in [1.82, 2.24) is 0 Å². The van der Waals surface area contributed by atoms with Crippen LogP contribution in [0.5, 0.6) is 5.75 Å². The molecule has 0 amide bonds. The van der Waals surface area contributed by atoms with Crippen molar-refractivity contribution >= 4 is 0 Å². The van der Waals surface area contributed by atoms with E-state index in [1.807, 2.05) is 0 Å². The molecule has 1 rings (SSSR count). The number of hydrogen-bond acceptors (Lipinski definition) is 1. The Morgan fingerprint density at radius 2 is 1.72 bits per heavy atom. The summed E-state index contributed by atoms with van der Waals surface area (Å²) < 4.78 is 5.39. The summed E-state index contributed by atoms with van der Waals surface area (Å²) in [5.41, 5.74) is 5.34. The van der Waals surface area contributed by atoms with Gasteiger partial charge in [0.25, 0.3) is 0 Å². The highest BCUT2D eigenvalue weighted by Gasteiger charge is 2.09. The summed E-state index contributed by atoms with van der Waals surface area (Å²) in [6.07, 6.45) is 4.15. The number of aryl methyl sites for hydroxylation is 1. The molecule has 1 aromatic rings. The molecule has 0 aliphatic rings. The van der Waals surface area contributed by atoms with E-state index in [1.54, 1.807) is 7.11 Å². The summed E-state index contributed by atoms with van der Waals surface area (Å²) in [6.45, 7) is 8.62. The molecule has 0 bridgehead atoms. The zero-order chi connectivity index (χ0) is 13.5. The monoisotopic (exact) mass is 244 g/mol. The van der Waals surface area contributed by atoms with Crippen LogP contribution >= 0.6 is 0 Å². The average Bonchev–Trinajstić information content (AvgIpc) is 2.37. The molecule has 0 saturated heterocycles. The molecule has 0 unspecified atom stereocenters.